The minimum absolute atomic E-state index is 0.0678. The van der Waals surface area contributed by atoms with Gasteiger partial charge in [0, 0.05) is 22.1 Å². The van der Waals surface area contributed by atoms with Crippen LogP contribution in [0, 0.1) is 0 Å². The average molecular weight is 254 g/mol. The summed E-state index contributed by atoms with van der Waals surface area (Å²) in [7, 11) is 0. The maximum atomic E-state index is 11.6. The lowest BCUT2D eigenvalue weighted by atomic mass is 10.0. The molecule has 0 aliphatic rings. The van der Waals surface area contributed by atoms with Gasteiger partial charge >= 0.3 is 0 Å². The molecular weight excluding hydrogens is 242 g/mol. The van der Waals surface area contributed by atoms with Gasteiger partial charge in [0.1, 0.15) is 0 Å². The molecule has 0 aliphatic carbocycles. The fraction of sp³-hybridized carbons (Fsp3) is 0.182. The van der Waals surface area contributed by atoms with E-state index >= 15 is 0 Å². The SMILES string of the molecule is C=C(C)CC(=O)c1ccc(N)c(Br)c1. The Bertz CT molecular complexity index is 385. The normalized spacial score (nSPS) is 9.86. The summed E-state index contributed by atoms with van der Waals surface area (Å²) in [6, 6.07) is 5.18. The van der Waals surface area contributed by atoms with E-state index in [0.29, 0.717) is 17.7 Å². The van der Waals surface area contributed by atoms with Gasteiger partial charge in [-0.3, -0.25) is 4.79 Å². The molecule has 1 aromatic carbocycles. The van der Waals surface area contributed by atoms with Crippen LogP contribution in [0.4, 0.5) is 5.69 Å². The first-order valence-corrected chi connectivity index (χ1v) is 5.02. The van der Waals surface area contributed by atoms with E-state index in [1.54, 1.807) is 18.2 Å². The molecule has 0 fully saturated rings. The highest BCUT2D eigenvalue weighted by molar-refractivity contribution is 9.10. The molecule has 0 heterocycles. The standard InChI is InChI=1S/C11H12BrNO/c1-7(2)5-11(14)8-3-4-10(13)9(12)6-8/h3-4,6H,1,5,13H2,2H3. The van der Waals surface area contributed by atoms with Crippen molar-refractivity contribution in [2.24, 2.45) is 0 Å². The summed E-state index contributed by atoms with van der Waals surface area (Å²) >= 11 is 3.28. The van der Waals surface area contributed by atoms with Gasteiger partial charge in [0.15, 0.2) is 5.78 Å². The Hall–Kier alpha value is -1.09. The zero-order valence-electron chi connectivity index (χ0n) is 8.01. The Kier molecular flexibility index (Phi) is 3.47. The minimum Gasteiger partial charge on any atom is -0.398 e. The number of carbonyl (C=O) groups is 1. The fourth-order valence-corrected chi connectivity index (χ4v) is 1.46. The molecule has 3 heteroatoms. The molecule has 74 valence electrons. The lowest BCUT2D eigenvalue weighted by Gasteiger charge is -2.03. The largest absolute Gasteiger partial charge is 0.398 e. The third-order valence-corrected chi connectivity index (χ3v) is 2.47. The van der Waals surface area contributed by atoms with Crippen LogP contribution in [-0.2, 0) is 0 Å². The van der Waals surface area contributed by atoms with Crippen molar-refractivity contribution in [1.82, 2.24) is 0 Å². The number of halogens is 1. The topological polar surface area (TPSA) is 43.1 Å². The molecule has 0 saturated heterocycles. The van der Waals surface area contributed by atoms with Crippen LogP contribution in [0.2, 0.25) is 0 Å². The Morgan fingerprint density at radius 2 is 2.21 bits per heavy atom. The molecule has 0 amide bonds. The Labute approximate surface area is 91.9 Å². The first-order chi connectivity index (χ1) is 6.50. The van der Waals surface area contributed by atoms with Crippen LogP contribution in [0.1, 0.15) is 23.7 Å². The molecule has 2 nitrogen and oxygen atoms in total. The van der Waals surface area contributed by atoms with E-state index in [2.05, 4.69) is 22.5 Å². The monoisotopic (exact) mass is 253 g/mol. The molecule has 14 heavy (non-hydrogen) atoms. The van der Waals surface area contributed by atoms with E-state index in [9.17, 15) is 4.79 Å². The van der Waals surface area contributed by atoms with Crippen LogP contribution >= 0.6 is 15.9 Å². The molecule has 1 rings (SSSR count). The number of benzene rings is 1. The fourth-order valence-electron chi connectivity index (χ4n) is 1.08. The Balaban J connectivity index is 2.91. The molecule has 1 aromatic rings. The average Bonchev–Trinajstić information content (AvgIpc) is 2.08. The van der Waals surface area contributed by atoms with Crippen molar-refractivity contribution in [3.63, 3.8) is 0 Å². The van der Waals surface area contributed by atoms with Crippen LogP contribution in [0.5, 0.6) is 0 Å². The summed E-state index contributed by atoms with van der Waals surface area (Å²) < 4.78 is 0.755. The molecule has 0 aliphatic heterocycles. The van der Waals surface area contributed by atoms with Gasteiger partial charge in [-0.1, -0.05) is 12.2 Å². The van der Waals surface area contributed by atoms with Crippen LogP contribution < -0.4 is 5.73 Å². The maximum Gasteiger partial charge on any atom is 0.166 e. The van der Waals surface area contributed by atoms with Crippen molar-refractivity contribution in [3.8, 4) is 0 Å². The number of hydrogen-bond acceptors (Lipinski definition) is 2. The molecule has 0 unspecified atom stereocenters. The summed E-state index contributed by atoms with van der Waals surface area (Å²) in [5, 5.41) is 0. The summed E-state index contributed by atoms with van der Waals surface area (Å²) in [4.78, 5) is 11.6. The first kappa shape index (κ1) is 11.0. The molecule has 0 aromatic heterocycles. The van der Waals surface area contributed by atoms with Crippen LogP contribution in [-0.4, -0.2) is 5.78 Å². The van der Waals surface area contributed by atoms with Gasteiger partial charge in [0.05, 0.1) is 0 Å². The summed E-state index contributed by atoms with van der Waals surface area (Å²) in [5.74, 6) is 0.0678. The predicted octanol–water partition coefficient (Wildman–Crippen LogP) is 3.18. The smallest absolute Gasteiger partial charge is 0.166 e. The molecule has 2 N–H and O–H groups in total. The van der Waals surface area contributed by atoms with Crippen molar-refractivity contribution >= 4 is 27.4 Å². The van der Waals surface area contributed by atoms with Crippen LogP contribution in [0.15, 0.2) is 34.8 Å². The number of rotatable bonds is 3. The van der Waals surface area contributed by atoms with Gasteiger partial charge in [-0.15, -0.1) is 0 Å². The molecule has 0 atom stereocenters. The van der Waals surface area contributed by atoms with E-state index in [4.69, 9.17) is 5.73 Å². The number of nitrogen functional groups attached to an aromatic ring is 1. The lowest BCUT2D eigenvalue weighted by molar-refractivity contribution is 0.0993. The first-order valence-electron chi connectivity index (χ1n) is 4.23. The van der Waals surface area contributed by atoms with E-state index in [1.807, 2.05) is 6.92 Å². The maximum absolute atomic E-state index is 11.6. The van der Waals surface area contributed by atoms with Crippen molar-refractivity contribution in [2.75, 3.05) is 5.73 Å². The molecule has 0 bridgehead atoms. The molecular formula is C11H12BrNO. The quantitative estimate of drug-likeness (QED) is 0.511. The second-order valence-electron chi connectivity index (χ2n) is 3.29. The third-order valence-electron chi connectivity index (χ3n) is 1.78. The van der Waals surface area contributed by atoms with E-state index in [0.717, 1.165) is 10.0 Å². The third kappa shape index (κ3) is 2.70. The van der Waals surface area contributed by atoms with Crippen molar-refractivity contribution < 1.29 is 4.79 Å². The van der Waals surface area contributed by atoms with E-state index in [-0.39, 0.29) is 5.78 Å². The predicted molar refractivity (Wildman–Crippen MR) is 62.3 cm³/mol. The number of carbonyl (C=O) groups excluding carboxylic acids is 1. The van der Waals surface area contributed by atoms with Crippen molar-refractivity contribution in [2.45, 2.75) is 13.3 Å². The lowest BCUT2D eigenvalue weighted by Crippen LogP contribution is -2.00. The number of Topliss-reactive ketones (excluding diaryl/α,β-unsaturated/α-hetero) is 1. The Morgan fingerprint density at radius 1 is 1.57 bits per heavy atom. The van der Waals surface area contributed by atoms with E-state index < -0.39 is 0 Å². The van der Waals surface area contributed by atoms with Crippen LogP contribution in [0.25, 0.3) is 0 Å². The second-order valence-corrected chi connectivity index (χ2v) is 4.15. The van der Waals surface area contributed by atoms with Gasteiger partial charge < -0.3 is 5.73 Å². The number of anilines is 1. The van der Waals surface area contributed by atoms with Gasteiger partial charge in [0.25, 0.3) is 0 Å². The summed E-state index contributed by atoms with van der Waals surface area (Å²) in [6.45, 7) is 5.54. The highest BCUT2D eigenvalue weighted by atomic mass is 79.9. The summed E-state index contributed by atoms with van der Waals surface area (Å²) in [5.41, 5.74) is 7.78. The van der Waals surface area contributed by atoms with Gasteiger partial charge in [-0.25, -0.2) is 0 Å². The van der Waals surface area contributed by atoms with Gasteiger partial charge in [0.2, 0.25) is 0 Å². The highest BCUT2D eigenvalue weighted by Gasteiger charge is 2.07. The van der Waals surface area contributed by atoms with E-state index in [1.165, 1.54) is 0 Å². The second kappa shape index (κ2) is 4.42. The van der Waals surface area contributed by atoms with Crippen molar-refractivity contribution in [1.29, 1.82) is 0 Å². The number of hydrogen-bond donors (Lipinski definition) is 1. The zero-order valence-corrected chi connectivity index (χ0v) is 9.60. The number of nitrogens with two attached hydrogens (primary N) is 1. The number of allylic oxidation sites excluding steroid dienone is 1. The summed E-state index contributed by atoms with van der Waals surface area (Å²) in [6.07, 6.45) is 0.385. The van der Waals surface area contributed by atoms with Crippen molar-refractivity contribution in [3.05, 3.63) is 40.4 Å². The van der Waals surface area contributed by atoms with Gasteiger partial charge in [-0.05, 0) is 41.1 Å². The van der Waals surface area contributed by atoms with Crippen LogP contribution in [0.3, 0.4) is 0 Å². The molecule has 0 saturated carbocycles. The highest BCUT2D eigenvalue weighted by Crippen LogP contribution is 2.21. The zero-order chi connectivity index (χ0) is 10.7. The minimum atomic E-state index is 0.0678. The number of ketones is 1. The molecule has 0 spiro atoms. The van der Waals surface area contributed by atoms with Gasteiger partial charge in [-0.2, -0.15) is 0 Å². The Morgan fingerprint density at radius 3 is 2.71 bits per heavy atom. The molecule has 0 radical (unpaired) electrons.